The molecule has 1 aromatic carbocycles. The zero-order valence-electron chi connectivity index (χ0n) is 13.1. The summed E-state index contributed by atoms with van der Waals surface area (Å²) in [5.74, 6) is 0.991. The summed E-state index contributed by atoms with van der Waals surface area (Å²) in [5, 5.41) is 3.58. The van der Waals surface area contributed by atoms with Crippen LogP contribution in [0.2, 0.25) is 0 Å². The molecule has 0 bridgehead atoms. The predicted octanol–water partition coefficient (Wildman–Crippen LogP) is 3.68. The molecule has 1 heterocycles. The average molecular weight is 276 g/mol. The van der Waals surface area contributed by atoms with Gasteiger partial charge in [-0.25, -0.2) is 0 Å². The quantitative estimate of drug-likeness (QED) is 0.858. The van der Waals surface area contributed by atoms with Gasteiger partial charge in [0.1, 0.15) is 5.75 Å². The number of nitrogens with zero attached hydrogens (tertiary/aromatic N) is 1. The van der Waals surface area contributed by atoms with E-state index < -0.39 is 0 Å². The number of piperidine rings is 1. The molecule has 0 aromatic heterocycles. The van der Waals surface area contributed by atoms with Crippen molar-refractivity contribution in [2.75, 3.05) is 32.1 Å². The standard InChI is InChI=1S/C17H28N2O/c1-4-11-20-17-12-14(2)8-9-16(17)18-13-15-7-5-6-10-19(15)3/h8-9,12,15,18H,4-7,10-11,13H2,1-3H3. The Kier molecular flexibility index (Phi) is 5.72. The number of nitrogens with one attached hydrogen (secondary N) is 1. The Morgan fingerprint density at radius 2 is 2.20 bits per heavy atom. The highest BCUT2D eigenvalue weighted by Gasteiger charge is 2.18. The largest absolute Gasteiger partial charge is 0.491 e. The van der Waals surface area contributed by atoms with Gasteiger partial charge in [-0.2, -0.15) is 0 Å². The van der Waals surface area contributed by atoms with Crippen LogP contribution in [0.3, 0.4) is 0 Å². The van der Waals surface area contributed by atoms with Crippen LogP contribution in [0, 0.1) is 6.92 Å². The number of benzene rings is 1. The molecule has 1 N–H and O–H groups in total. The Balaban J connectivity index is 1.97. The molecule has 1 saturated heterocycles. The lowest BCUT2D eigenvalue weighted by atomic mass is 10.0. The fourth-order valence-electron chi connectivity index (χ4n) is 2.74. The highest BCUT2D eigenvalue weighted by atomic mass is 16.5. The molecule has 1 unspecified atom stereocenters. The van der Waals surface area contributed by atoms with Crippen molar-refractivity contribution in [1.82, 2.24) is 4.90 Å². The molecule has 3 heteroatoms. The lowest BCUT2D eigenvalue weighted by Gasteiger charge is -2.33. The number of hydrogen-bond donors (Lipinski definition) is 1. The summed E-state index contributed by atoms with van der Waals surface area (Å²) in [6.07, 6.45) is 5.02. The van der Waals surface area contributed by atoms with Crippen LogP contribution in [0.25, 0.3) is 0 Å². The molecule has 1 aromatic rings. The Morgan fingerprint density at radius 3 is 2.95 bits per heavy atom. The summed E-state index contributed by atoms with van der Waals surface area (Å²) in [7, 11) is 2.23. The SMILES string of the molecule is CCCOc1cc(C)ccc1NCC1CCCCN1C. The normalized spacial score (nSPS) is 19.9. The van der Waals surface area contributed by atoms with Gasteiger partial charge in [-0.05, 0) is 57.5 Å². The van der Waals surface area contributed by atoms with Crippen molar-refractivity contribution in [3.63, 3.8) is 0 Å². The molecule has 0 spiro atoms. The van der Waals surface area contributed by atoms with Crippen LogP contribution in [-0.2, 0) is 0 Å². The van der Waals surface area contributed by atoms with Crippen molar-refractivity contribution in [1.29, 1.82) is 0 Å². The van der Waals surface area contributed by atoms with Crippen LogP contribution < -0.4 is 10.1 Å². The van der Waals surface area contributed by atoms with Gasteiger partial charge >= 0.3 is 0 Å². The van der Waals surface area contributed by atoms with E-state index in [4.69, 9.17) is 4.74 Å². The molecule has 0 aliphatic carbocycles. The number of ether oxygens (including phenoxy) is 1. The third-order valence-electron chi connectivity index (χ3n) is 4.05. The van der Waals surface area contributed by atoms with E-state index in [1.165, 1.54) is 31.4 Å². The van der Waals surface area contributed by atoms with Crippen LogP contribution in [-0.4, -0.2) is 37.7 Å². The molecule has 0 amide bonds. The van der Waals surface area contributed by atoms with Gasteiger partial charge < -0.3 is 15.0 Å². The van der Waals surface area contributed by atoms with E-state index in [0.717, 1.165) is 31.0 Å². The van der Waals surface area contributed by atoms with Gasteiger partial charge in [-0.1, -0.05) is 19.4 Å². The van der Waals surface area contributed by atoms with Crippen LogP contribution in [0.1, 0.15) is 38.2 Å². The van der Waals surface area contributed by atoms with E-state index in [2.05, 4.69) is 49.3 Å². The average Bonchev–Trinajstić information content (AvgIpc) is 2.45. The molecular weight excluding hydrogens is 248 g/mol. The van der Waals surface area contributed by atoms with Crippen LogP contribution in [0.4, 0.5) is 5.69 Å². The first kappa shape index (κ1) is 15.2. The maximum absolute atomic E-state index is 5.86. The molecular formula is C17H28N2O. The number of aryl methyl sites for hydroxylation is 1. The van der Waals surface area contributed by atoms with Crippen LogP contribution in [0.15, 0.2) is 18.2 Å². The third-order valence-corrected chi connectivity index (χ3v) is 4.05. The van der Waals surface area contributed by atoms with Crippen molar-refractivity contribution < 1.29 is 4.74 Å². The highest BCUT2D eigenvalue weighted by molar-refractivity contribution is 5.57. The Labute approximate surface area is 123 Å². The Morgan fingerprint density at radius 1 is 1.35 bits per heavy atom. The summed E-state index contributed by atoms with van der Waals surface area (Å²) < 4.78 is 5.86. The summed E-state index contributed by atoms with van der Waals surface area (Å²) in [6, 6.07) is 7.06. The summed E-state index contributed by atoms with van der Waals surface area (Å²) in [5.41, 5.74) is 2.37. The maximum Gasteiger partial charge on any atom is 0.142 e. The van der Waals surface area contributed by atoms with Gasteiger partial charge in [0.2, 0.25) is 0 Å². The molecule has 2 rings (SSSR count). The van der Waals surface area contributed by atoms with Gasteiger partial charge in [-0.15, -0.1) is 0 Å². The Bertz CT molecular complexity index is 419. The maximum atomic E-state index is 5.86. The number of rotatable bonds is 6. The molecule has 1 fully saturated rings. The van der Waals surface area contributed by atoms with E-state index in [1.807, 2.05) is 0 Å². The van der Waals surface area contributed by atoms with E-state index in [9.17, 15) is 0 Å². The second kappa shape index (κ2) is 7.53. The van der Waals surface area contributed by atoms with Crippen molar-refractivity contribution in [2.24, 2.45) is 0 Å². The number of hydrogen-bond acceptors (Lipinski definition) is 3. The summed E-state index contributed by atoms with van der Waals surface area (Å²) >= 11 is 0. The van der Waals surface area contributed by atoms with Crippen molar-refractivity contribution in [3.8, 4) is 5.75 Å². The first-order chi connectivity index (χ1) is 9.70. The van der Waals surface area contributed by atoms with Gasteiger partial charge in [0.25, 0.3) is 0 Å². The minimum Gasteiger partial charge on any atom is -0.491 e. The zero-order chi connectivity index (χ0) is 14.4. The molecule has 0 radical (unpaired) electrons. The molecule has 20 heavy (non-hydrogen) atoms. The lowest BCUT2D eigenvalue weighted by Crippen LogP contribution is -2.40. The lowest BCUT2D eigenvalue weighted by molar-refractivity contribution is 0.194. The summed E-state index contributed by atoms with van der Waals surface area (Å²) in [6.45, 7) is 7.25. The van der Waals surface area contributed by atoms with Gasteiger partial charge in [0.15, 0.2) is 0 Å². The fraction of sp³-hybridized carbons (Fsp3) is 0.647. The minimum atomic E-state index is 0.643. The number of anilines is 1. The van der Waals surface area contributed by atoms with Gasteiger partial charge in [0, 0.05) is 12.6 Å². The van der Waals surface area contributed by atoms with E-state index in [1.54, 1.807) is 0 Å². The second-order valence-corrected chi connectivity index (χ2v) is 5.86. The molecule has 1 aliphatic rings. The molecule has 112 valence electrons. The van der Waals surface area contributed by atoms with Crippen LogP contribution >= 0.6 is 0 Å². The smallest absolute Gasteiger partial charge is 0.142 e. The van der Waals surface area contributed by atoms with E-state index in [0.29, 0.717) is 6.04 Å². The predicted molar refractivity (Wildman–Crippen MR) is 85.7 cm³/mol. The molecule has 1 aliphatic heterocycles. The monoisotopic (exact) mass is 276 g/mol. The Hall–Kier alpha value is -1.22. The molecule has 3 nitrogen and oxygen atoms in total. The first-order valence-corrected chi connectivity index (χ1v) is 7.88. The number of likely N-dealkylation sites (N-methyl/N-ethyl adjacent to an activating group) is 1. The highest BCUT2D eigenvalue weighted by Crippen LogP contribution is 2.26. The first-order valence-electron chi connectivity index (χ1n) is 7.88. The van der Waals surface area contributed by atoms with Crippen LogP contribution in [0.5, 0.6) is 5.75 Å². The molecule has 0 saturated carbocycles. The van der Waals surface area contributed by atoms with Crippen molar-refractivity contribution in [3.05, 3.63) is 23.8 Å². The van der Waals surface area contributed by atoms with Gasteiger partial charge in [-0.3, -0.25) is 0 Å². The van der Waals surface area contributed by atoms with E-state index in [-0.39, 0.29) is 0 Å². The molecule has 1 atom stereocenters. The second-order valence-electron chi connectivity index (χ2n) is 5.86. The fourth-order valence-corrected chi connectivity index (χ4v) is 2.74. The zero-order valence-corrected chi connectivity index (χ0v) is 13.1. The topological polar surface area (TPSA) is 24.5 Å². The summed E-state index contributed by atoms with van der Waals surface area (Å²) in [4.78, 5) is 2.47. The third kappa shape index (κ3) is 4.14. The minimum absolute atomic E-state index is 0.643. The van der Waals surface area contributed by atoms with Crippen molar-refractivity contribution in [2.45, 2.75) is 45.6 Å². The van der Waals surface area contributed by atoms with E-state index >= 15 is 0 Å². The number of likely N-dealkylation sites (tertiary alicyclic amines) is 1. The van der Waals surface area contributed by atoms with Crippen molar-refractivity contribution >= 4 is 5.69 Å². The van der Waals surface area contributed by atoms with Gasteiger partial charge in [0.05, 0.1) is 12.3 Å².